The van der Waals surface area contributed by atoms with Crippen molar-refractivity contribution >= 4 is 5.91 Å². The van der Waals surface area contributed by atoms with Crippen molar-refractivity contribution < 1.29 is 4.79 Å². The first kappa shape index (κ1) is 12.4. The number of amides is 1. The number of hydrogen-bond acceptors (Lipinski definition) is 2. The standard InChI is InChI=1S/C16H20N2O/c1-11(13-9-17-10-13)16(19)18(2)15-8-7-12-5-3-4-6-14(12)15/h3-6,15,17H,7-10H2,1-2H3. The lowest BCUT2D eigenvalue weighted by atomic mass is 10.0. The van der Waals surface area contributed by atoms with Gasteiger partial charge in [0, 0.05) is 25.7 Å². The Labute approximate surface area is 114 Å². The molecule has 1 fully saturated rings. The zero-order chi connectivity index (χ0) is 13.4. The first-order valence-electron chi connectivity index (χ1n) is 6.93. The molecule has 1 atom stereocenters. The molecule has 3 nitrogen and oxygen atoms in total. The number of fused-ring (bicyclic) bond motifs is 1. The van der Waals surface area contributed by atoms with Crippen LogP contribution in [0.25, 0.3) is 0 Å². The maximum absolute atomic E-state index is 12.5. The third-order valence-corrected chi connectivity index (χ3v) is 4.42. The molecule has 3 rings (SSSR count). The minimum atomic E-state index is 0.179. The van der Waals surface area contributed by atoms with E-state index >= 15 is 0 Å². The number of nitrogens with zero attached hydrogens (tertiary/aromatic N) is 1. The fourth-order valence-electron chi connectivity index (χ4n) is 3.01. The number of rotatable bonds is 2. The average Bonchev–Trinajstić information content (AvgIpc) is 2.78. The van der Waals surface area contributed by atoms with E-state index in [0.29, 0.717) is 0 Å². The van der Waals surface area contributed by atoms with Gasteiger partial charge in [0.15, 0.2) is 0 Å². The quantitative estimate of drug-likeness (QED) is 0.821. The minimum absolute atomic E-state index is 0.179. The van der Waals surface area contributed by atoms with Crippen molar-refractivity contribution in [2.75, 3.05) is 20.1 Å². The molecule has 3 heteroatoms. The molecule has 1 aromatic carbocycles. The number of benzene rings is 1. The third kappa shape index (κ3) is 2.08. The van der Waals surface area contributed by atoms with Gasteiger partial charge in [0.25, 0.3) is 0 Å². The van der Waals surface area contributed by atoms with E-state index in [4.69, 9.17) is 0 Å². The van der Waals surface area contributed by atoms with Crippen molar-refractivity contribution in [3.63, 3.8) is 0 Å². The van der Waals surface area contributed by atoms with E-state index in [1.54, 1.807) is 0 Å². The molecule has 1 amide bonds. The molecule has 2 aliphatic rings. The Kier molecular flexibility index (Phi) is 3.15. The average molecular weight is 256 g/mol. The summed E-state index contributed by atoms with van der Waals surface area (Å²) < 4.78 is 0. The van der Waals surface area contributed by atoms with Crippen LogP contribution in [0.1, 0.15) is 30.5 Å². The summed E-state index contributed by atoms with van der Waals surface area (Å²) in [6, 6.07) is 8.72. The molecular formula is C16H20N2O. The molecule has 1 aliphatic carbocycles. The maximum atomic E-state index is 12.5. The Morgan fingerprint density at radius 3 is 2.74 bits per heavy atom. The van der Waals surface area contributed by atoms with Crippen LogP contribution in [-0.2, 0) is 11.2 Å². The summed E-state index contributed by atoms with van der Waals surface area (Å²) in [4.78, 5) is 14.4. The Morgan fingerprint density at radius 2 is 2.05 bits per heavy atom. The predicted octanol–water partition coefficient (Wildman–Crippen LogP) is 2.05. The fourth-order valence-corrected chi connectivity index (χ4v) is 3.01. The highest BCUT2D eigenvalue weighted by Gasteiger charge is 2.29. The summed E-state index contributed by atoms with van der Waals surface area (Å²) in [6.07, 6.45) is 2.12. The van der Waals surface area contributed by atoms with Crippen molar-refractivity contribution in [2.24, 2.45) is 0 Å². The number of carbonyl (C=O) groups excluding carboxylic acids is 1. The van der Waals surface area contributed by atoms with E-state index in [9.17, 15) is 4.79 Å². The number of hydrogen-bond donors (Lipinski definition) is 1. The van der Waals surface area contributed by atoms with E-state index in [1.807, 2.05) is 18.9 Å². The van der Waals surface area contributed by atoms with Crippen molar-refractivity contribution in [1.29, 1.82) is 0 Å². The molecule has 0 bridgehead atoms. The zero-order valence-electron chi connectivity index (χ0n) is 11.6. The second-order valence-corrected chi connectivity index (χ2v) is 5.50. The number of carbonyl (C=O) groups is 1. The van der Waals surface area contributed by atoms with Gasteiger partial charge < -0.3 is 10.2 Å². The monoisotopic (exact) mass is 256 g/mol. The zero-order valence-corrected chi connectivity index (χ0v) is 11.6. The number of aryl methyl sites for hydroxylation is 1. The van der Waals surface area contributed by atoms with Gasteiger partial charge >= 0.3 is 0 Å². The fraction of sp³-hybridized carbons (Fsp3) is 0.438. The summed E-state index contributed by atoms with van der Waals surface area (Å²) >= 11 is 0. The van der Waals surface area contributed by atoms with E-state index < -0.39 is 0 Å². The Hall–Kier alpha value is -1.61. The van der Waals surface area contributed by atoms with E-state index in [0.717, 1.165) is 31.5 Å². The van der Waals surface area contributed by atoms with Crippen LogP contribution >= 0.6 is 0 Å². The Morgan fingerprint density at radius 1 is 1.32 bits per heavy atom. The minimum Gasteiger partial charge on any atom is -0.335 e. The summed E-state index contributed by atoms with van der Waals surface area (Å²) in [6.45, 7) is 3.69. The predicted molar refractivity (Wildman–Crippen MR) is 75.8 cm³/mol. The van der Waals surface area contributed by atoms with Crippen LogP contribution < -0.4 is 5.32 Å². The molecule has 1 aliphatic heterocycles. The second-order valence-electron chi connectivity index (χ2n) is 5.50. The molecule has 1 saturated heterocycles. The van der Waals surface area contributed by atoms with Crippen molar-refractivity contribution in [3.05, 3.63) is 46.5 Å². The first-order valence-corrected chi connectivity index (χ1v) is 6.93. The molecule has 1 N–H and O–H groups in total. The lowest BCUT2D eigenvalue weighted by Crippen LogP contribution is -2.38. The molecule has 1 unspecified atom stereocenters. The molecule has 0 saturated carbocycles. The summed E-state index contributed by atoms with van der Waals surface area (Å²) in [5.74, 6) is 0.179. The number of nitrogens with one attached hydrogen (secondary N) is 1. The topological polar surface area (TPSA) is 32.3 Å². The highest BCUT2D eigenvalue weighted by Crippen LogP contribution is 2.35. The molecule has 1 aromatic rings. The van der Waals surface area contributed by atoms with Crippen LogP contribution in [0.2, 0.25) is 0 Å². The highest BCUT2D eigenvalue weighted by molar-refractivity contribution is 5.94. The third-order valence-electron chi connectivity index (χ3n) is 4.42. The van der Waals surface area contributed by atoms with Gasteiger partial charge in [0.05, 0.1) is 6.04 Å². The van der Waals surface area contributed by atoms with Crippen molar-refractivity contribution in [1.82, 2.24) is 10.2 Å². The van der Waals surface area contributed by atoms with Crippen LogP contribution in [0.3, 0.4) is 0 Å². The van der Waals surface area contributed by atoms with E-state index in [2.05, 4.69) is 29.6 Å². The van der Waals surface area contributed by atoms with Gasteiger partial charge in [-0.2, -0.15) is 0 Å². The summed E-state index contributed by atoms with van der Waals surface area (Å²) in [7, 11) is 1.94. The largest absolute Gasteiger partial charge is 0.335 e. The van der Waals surface area contributed by atoms with Gasteiger partial charge in [0.2, 0.25) is 5.91 Å². The van der Waals surface area contributed by atoms with Gasteiger partial charge in [-0.3, -0.25) is 4.79 Å². The lowest BCUT2D eigenvalue weighted by molar-refractivity contribution is -0.128. The van der Waals surface area contributed by atoms with Gasteiger partial charge in [-0.05, 0) is 36.5 Å². The van der Waals surface area contributed by atoms with Gasteiger partial charge in [-0.15, -0.1) is 0 Å². The van der Waals surface area contributed by atoms with E-state index in [1.165, 1.54) is 16.7 Å². The smallest absolute Gasteiger partial charge is 0.249 e. The summed E-state index contributed by atoms with van der Waals surface area (Å²) in [5, 5.41) is 3.19. The first-order chi connectivity index (χ1) is 9.18. The molecular weight excluding hydrogens is 236 g/mol. The molecule has 0 spiro atoms. The van der Waals surface area contributed by atoms with Gasteiger partial charge in [-0.25, -0.2) is 0 Å². The van der Waals surface area contributed by atoms with Crippen LogP contribution in [0.5, 0.6) is 0 Å². The molecule has 0 aromatic heterocycles. The number of likely N-dealkylation sites (N-methyl/N-ethyl adjacent to an activating group) is 1. The van der Waals surface area contributed by atoms with E-state index in [-0.39, 0.29) is 11.9 Å². The van der Waals surface area contributed by atoms with Crippen molar-refractivity contribution in [3.8, 4) is 0 Å². The van der Waals surface area contributed by atoms with Crippen LogP contribution in [0.15, 0.2) is 35.4 Å². The normalized spacial score (nSPS) is 20.7. The molecule has 1 heterocycles. The SMILES string of the molecule is CC(C(=O)N(C)C1CCc2ccccc21)=C1CNC1. The maximum Gasteiger partial charge on any atom is 0.249 e. The molecule has 100 valence electrons. The highest BCUT2D eigenvalue weighted by atomic mass is 16.2. The van der Waals surface area contributed by atoms with Crippen LogP contribution in [0, 0.1) is 0 Å². The Balaban J connectivity index is 1.82. The molecule has 19 heavy (non-hydrogen) atoms. The molecule has 0 radical (unpaired) electrons. The second kappa shape index (κ2) is 4.82. The Bertz CT molecular complexity index is 541. The van der Waals surface area contributed by atoms with Gasteiger partial charge in [0.1, 0.15) is 0 Å². The van der Waals surface area contributed by atoms with Gasteiger partial charge in [-0.1, -0.05) is 24.3 Å². The van der Waals surface area contributed by atoms with Crippen LogP contribution in [0.4, 0.5) is 0 Å². The lowest BCUT2D eigenvalue weighted by Gasteiger charge is -2.29. The summed E-state index contributed by atoms with van der Waals surface area (Å²) in [5.41, 5.74) is 4.89. The van der Waals surface area contributed by atoms with Crippen LogP contribution in [-0.4, -0.2) is 30.9 Å². The van der Waals surface area contributed by atoms with Crippen molar-refractivity contribution in [2.45, 2.75) is 25.8 Å².